The van der Waals surface area contributed by atoms with Gasteiger partial charge in [-0.05, 0) is 20.8 Å². The summed E-state index contributed by atoms with van der Waals surface area (Å²) in [6.07, 6.45) is 0.726. The monoisotopic (exact) mass is 254 g/mol. The van der Waals surface area contributed by atoms with Crippen LogP contribution in [0.2, 0.25) is 0 Å². The Labute approximate surface area is 103 Å². The SMILES string of the molecule is CC(C)OC(=O)C(C)n1cc([N+](=O)[O-])ccc1=O. The highest BCUT2D eigenvalue weighted by Crippen LogP contribution is 2.12. The minimum atomic E-state index is -0.903. The van der Waals surface area contributed by atoms with E-state index in [1.807, 2.05) is 0 Å². The van der Waals surface area contributed by atoms with E-state index >= 15 is 0 Å². The maximum atomic E-state index is 11.6. The van der Waals surface area contributed by atoms with Crippen molar-refractivity contribution in [3.63, 3.8) is 0 Å². The average Bonchev–Trinajstić information content (AvgIpc) is 2.27. The summed E-state index contributed by atoms with van der Waals surface area (Å²) in [5.74, 6) is -0.604. The van der Waals surface area contributed by atoms with E-state index in [-0.39, 0.29) is 11.8 Å². The van der Waals surface area contributed by atoms with Crippen molar-refractivity contribution in [2.75, 3.05) is 0 Å². The van der Waals surface area contributed by atoms with Crippen molar-refractivity contribution in [3.8, 4) is 0 Å². The molecule has 0 fully saturated rings. The van der Waals surface area contributed by atoms with Crippen LogP contribution >= 0.6 is 0 Å². The number of hydrogen-bond acceptors (Lipinski definition) is 5. The molecule has 1 heterocycles. The zero-order valence-corrected chi connectivity index (χ0v) is 10.3. The Morgan fingerprint density at radius 3 is 2.50 bits per heavy atom. The van der Waals surface area contributed by atoms with Crippen molar-refractivity contribution in [1.29, 1.82) is 0 Å². The molecule has 18 heavy (non-hydrogen) atoms. The van der Waals surface area contributed by atoms with Crippen LogP contribution in [0.1, 0.15) is 26.8 Å². The van der Waals surface area contributed by atoms with Gasteiger partial charge in [0.05, 0.1) is 17.2 Å². The fourth-order valence-corrected chi connectivity index (χ4v) is 1.35. The predicted molar refractivity (Wildman–Crippen MR) is 63.3 cm³/mol. The van der Waals surface area contributed by atoms with Gasteiger partial charge >= 0.3 is 5.97 Å². The molecule has 0 saturated carbocycles. The highest BCUT2D eigenvalue weighted by atomic mass is 16.6. The Bertz CT molecular complexity index is 520. The predicted octanol–water partition coefficient (Wildman–Crippen LogP) is 1.27. The van der Waals surface area contributed by atoms with Gasteiger partial charge in [-0.2, -0.15) is 0 Å². The number of aromatic nitrogens is 1. The number of nitro groups is 1. The molecule has 0 aliphatic heterocycles. The molecule has 1 rings (SSSR count). The maximum Gasteiger partial charge on any atom is 0.329 e. The molecule has 7 nitrogen and oxygen atoms in total. The molecule has 0 radical (unpaired) electrons. The standard InChI is InChI=1S/C11H14N2O5/c1-7(2)18-11(15)8(3)12-6-9(13(16)17)4-5-10(12)14/h4-8H,1-3H3. The maximum absolute atomic E-state index is 11.6. The second-order valence-corrected chi connectivity index (χ2v) is 4.05. The van der Waals surface area contributed by atoms with E-state index in [1.54, 1.807) is 13.8 Å². The first-order chi connectivity index (χ1) is 8.32. The summed E-state index contributed by atoms with van der Waals surface area (Å²) in [4.78, 5) is 33.2. The first kappa shape index (κ1) is 13.9. The Morgan fingerprint density at radius 1 is 1.39 bits per heavy atom. The molecule has 0 aliphatic carbocycles. The molecule has 0 saturated heterocycles. The second kappa shape index (κ2) is 5.44. The topological polar surface area (TPSA) is 91.4 Å². The van der Waals surface area contributed by atoms with E-state index < -0.39 is 22.5 Å². The summed E-state index contributed by atoms with van der Waals surface area (Å²) in [6.45, 7) is 4.82. The third-order valence-electron chi connectivity index (χ3n) is 2.24. The number of rotatable bonds is 4. The number of ether oxygens (including phenoxy) is 1. The average molecular weight is 254 g/mol. The molecule has 0 aromatic carbocycles. The van der Waals surface area contributed by atoms with Crippen LogP contribution in [0.5, 0.6) is 0 Å². The van der Waals surface area contributed by atoms with Crippen LogP contribution in [0.15, 0.2) is 23.1 Å². The number of hydrogen-bond donors (Lipinski definition) is 0. The molecular formula is C11H14N2O5. The third-order valence-corrected chi connectivity index (χ3v) is 2.24. The second-order valence-electron chi connectivity index (χ2n) is 4.05. The van der Waals surface area contributed by atoms with E-state index in [9.17, 15) is 19.7 Å². The molecule has 0 bridgehead atoms. The molecule has 1 unspecified atom stereocenters. The first-order valence-corrected chi connectivity index (χ1v) is 5.40. The van der Waals surface area contributed by atoms with Gasteiger partial charge in [0, 0.05) is 12.1 Å². The van der Waals surface area contributed by atoms with Gasteiger partial charge in [0.1, 0.15) is 6.04 Å². The zero-order chi connectivity index (χ0) is 13.9. The van der Waals surface area contributed by atoms with E-state index in [1.165, 1.54) is 6.92 Å². The highest BCUT2D eigenvalue weighted by Gasteiger charge is 2.20. The Hall–Kier alpha value is -2.18. The number of carbonyl (C=O) groups is 1. The van der Waals surface area contributed by atoms with Gasteiger partial charge < -0.3 is 4.74 Å². The summed E-state index contributed by atoms with van der Waals surface area (Å²) >= 11 is 0. The van der Waals surface area contributed by atoms with Crippen LogP contribution in [0.4, 0.5) is 5.69 Å². The summed E-state index contributed by atoms with van der Waals surface area (Å²) in [5, 5.41) is 10.6. The Balaban J connectivity index is 3.08. The lowest BCUT2D eigenvalue weighted by molar-refractivity contribution is -0.385. The quantitative estimate of drug-likeness (QED) is 0.458. The molecule has 1 atom stereocenters. The van der Waals surface area contributed by atoms with Crippen molar-refractivity contribution in [2.24, 2.45) is 0 Å². The summed E-state index contributed by atoms with van der Waals surface area (Å²) < 4.78 is 5.94. The summed E-state index contributed by atoms with van der Waals surface area (Å²) in [7, 11) is 0. The first-order valence-electron chi connectivity index (χ1n) is 5.40. The van der Waals surface area contributed by atoms with Crippen molar-refractivity contribution in [3.05, 3.63) is 38.8 Å². The van der Waals surface area contributed by atoms with Crippen LogP contribution in [0, 0.1) is 10.1 Å². The van der Waals surface area contributed by atoms with E-state index in [0.29, 0.717) is 0 Å². The van der Waals surface area contributed by atoms with Crippen LogP contribution < -0.4 is 5.56 Å². The lowest BCUT2D eigenvalue weighted by Crippen LogP contribution is -2.29. The fourth-order valence-electron chi connectivity index (χ4n) is 1.35. The van der Waals surface area contributed by atoms with Gasteiger partial charge in [-0.1, -0.05) is 0 Å². The molecule has 0 aliphatic rings. The molecule has 0 spiro atoms. The molecular weight excluding hydrogens is 240 g/mol. The van der Waals surface area contributed by atoms with Crippen molar-refractivity contribution < 1.29 is 14.5 Å². The highest BCUT2D eigenvalue weighted by molar-refractivity contribution is 5.74. The van der Waals surface area contributed by atoms with Gasteiger partial charge in [0.25, 0.3) is 11.2 Å². The van der Waals surface area contributed by atoms with Crippen molar-refractivity contribution >= 4 is 11.7 Å². The number of esters is 1. The van der Waals surface area contributed by atoms with Gasteiger partial charge in [0.15, 0.2) is 0 Å². The van der Waals surface area contributed by atoms with E-state index in [4.69, 9.17) is 4.74 Å². The third kappa shape index (κ3) is 3.16. The molecule has 98 valence electrons. The number of carbonyl (C=O) groups excluding carboxylic acids is 1. The van der Waals surface area contributed by atoms with E-state index in [2.05, 4.69) is 0 Å². The normalized spacial score (nSPS) is 12.2. The molecule has 1 aromatic heterocycles. The lowest BCUT2D eigenvalue weighted by atomic mass is 10.3. The van der Waals surface area contributed by atoms with E-state index in [0.717, 1.165) is 22.9 Å². The van der Waals surface area contributed by atoms with Crippen molar-refractivity contribution in [1.82, 2.24) is 4.57 Å². The lowest BCUT2D eigenvalue weighted by Gasteiger charge is -2.15. The minimum Gasteiger partial charge on any atom is -0.461 e. The van der Waals surface area contributed by atoms with Gasteiger partial charge in [0.2, 0.25) is 0 Å². The minimum absolute atomic E-state index is 0.251. The molecule has 0 N–H and O–H groups in total. The van der Waals surface area contributed by atoms with Crippen LogP contribution in [0.25, 0.3) is 0 Å². The number of pyridine rings is 1. The molecule has 7 heteroatoms. The zero-order valence-electron chi connectivity index (χ0n) is 10.3. The van der Waals surface area contributed by atoms with Crippen LogP contribution in [-0.4, -0.2) is 21.6 Å². The largest absolute Gasteiger partial charge is 0.461 e. The van der Waals surface area contributed by atoms with Crippen molar-refractivity contribution in [2.45, 2.75) is 32.9 Å². The van der Waals surface area contributed by atoms with Crippen LogP contribution in [0.3, 0.4) is 0 Å². The van der Waals surface area contributed by atoms with Crippen LogP contribution in [-0.2, 0) is 9.53 Å². The molecule has 1 aromatic rings. The summed E-state index contributed by atoms with van der Waals surface area (Å²) in [5.41, 5.74) is -0.743. The Kier molecular flexibility index (Phi) is 4.19. The van der Waals surface area contributed by atoms with Gasteiger partial charge in [-0.25, -0.2) is 4.79 Å². The van der Waals surface area contributed by atoms with Gasteiger partial charge in [-0.3, -0.25) is 19.5 Å². The summed E-state index contributed by atoms with van der Waals surface area (Å²) in [6, 6.07) is 1.25. The Morgan fingerprint density at radius 2 is 2.00 bits per heavy atom. The number of nitrogens with zero attached hydrogens (tertiary/aromatic N) is 2. The smallest absolute Gasteiger partial charge is 0.329 e. The fraction of sp³-hybridized carbons (Fsp3) is 0.455. The van der Waals surface area contributed by atoms with Gasteiger partial charge in [-0.15, -0.1) is 0 Å². The molecule has 0 amide bonds.